The molecule has 3 heteroatoms. The number of ether oxygens (including phenoxy) is 1. The molecule has 0 aromatic heterocycles. The molecule has 0 saturated heterocycles. The Kier molecular flexibility index (Phi) is 6.92. The molecule has 4 atom stereocenters. The SMILES string of the molecule is C/C=C(\C(CC)CO)C1(C)CCCC(OC(C)=O)C1CC. The van der Waals surface area contributed by atoms with E-state index in [1.165, 1.54) is 12.5 Å². The van der Waals surface area contributed by atoms with Gasteiger partial charge in [0.05, 0.1) is 0 Å². The van der Waals surface area contributed by atoms with E-state index in [0.717, 1.165) is 32.1 Å². The minimum absolute atomic E-state index is 0.0115. The lowest BCUT2D eigenvalue weighted by atomic mass is 9.58. The van der Waals surface area contributed by atoms with Crippen LogP contribution in [0.1, 0.15) is 66.7 Å². The molecular weight excluding hydrogens is 264 g/mol. The second-order valence-corrected chi connectivity index (χ2v) is 6.50. The summed E-state index contributed by atoms with van der Waals surface area (Å²) in [4.78, 5) is 11.4. The molecule has 1 N–H and O–H groups in total. The minimum Gasteiger partial charge on any atom is -0.462 e. The van der Waals surface area contributed by atoms with Crippen molar-refractivity contribution in [3.05, 3.63) is 11.6 Å². The first-order chi connectivity index (χ1) is 9.94. The zero-order valence-corrected chi connectivity index (χ0v) is 14.3. The highest BCUT2D eigenvalue weighted by Crippen LogP contribution is 2.51. The molecule has 1 rings (SSSR count). The van der Waals surface area contributed by atoms with Crippen LogP contribution in [-0.4, -0.2) is 23.8 Å². The second kappa shape index (κ2) is 7.98. The van der Waals surface area contributed by atoms with Crippen LogP contribution in [0.5, 0.6) is 0 Å². The first-order valence-electron chi connectivity index (χ1n) is 8.39. The summed E-state index contributed by atoms with van der Waals surface area (Å²) < 4.78 is 5.60. The molecule has 0 aromatic rings. The lowest BCUT2D eigenvalue weighted by molar-refractivity contribution is -0.154. The van der Waals surface area contributed by atoms with Gasteiger partial charge in [0.15, 0.2) is 0 Å². The van der Waals surface area contributed by atoms with Crippen molar-refractivity contribution in [3.63, 3.8) is 0 Å². The van der Waals surface area contributed by atoms with Crippen molar-refractivity contribution in [1.29, 1.82) is 0 Å². The maximum Gasteiger partial charge on any atom is 0.302 e. The van der Waals surface area contributed by atoms with Crippen LogP contribution in [0.2, 0.25) is 0 Å². The molecule has 122 valence electrons. The molecule has 0 spiro atoms. The zero-order chi connectivity index (χ0) is 16.0. The fourth-order valence-corrected chi connectivity index (χ4v) is 4.37. The number of rotatable bonds is 6. The summed E-state index contributed by atoms with van der Waals surface area (Å²) in [6.07, 6.45) is 7.28. The van der Waals surface area contributed by atoms with Crippen LogP contribution in [0, 0.1) is 17.3 Å². The number of carbonyl (C=O) groups excluding carboxylic acids is 1. The zero-order valence-electron chi connectivity index (χ0n) is 14.3. The Hall–Kier alpha value is -0.830. The van der Waals surface area contributed by atoms with Gasteiger partial charge in [0, 0.05) is 25.4 Å². The highest BCUT2D eigenvalue weighted by molar-refractivity contribution is 5.66. The van der Waals surface area contributed by atoms with Gasteiger partial charge in [-0.2, -0.15) is 0 Å². The van der Waals surface area contributed by atoms with E-state index in [1.807, 2.05) is 0 Å². The van der Waals surface area contributed by atoms with Crippen LogP contribution in [0.15, 0.2) is 11.6 Å². The van der Waals surface area contributed by atoms with Gasteiger partial charge in [0.25, 0.3) is 0 Å². The first-order valence-corrected chi connectivity index (χ1v) is 8.39. The van der Waals surface area contributed by atoms with Crippen LogP contribution >= 0.6 is 0 Å². The third-order valence-electron chi connectivity index (χ3n) is 5.33. The van der Waals surface area contributed by atoms with E-state index in [1.54, 1.807) is 0 Å². The maximum absolute atomic E-state index is 11.4. The number of aliphatic hydroxyl groups is 1. The Labute approximate surface area is 129 Å². The van der Waals surface area contributed by atoms with E-state index >= 15 is 0 Å². The predicted octanol–water partition coefficient (Wildman–Crippen LogP) is 4.10. The van der Waals surface area contributed by atoms with Crippen LogP contribution in [0.3, 0.4) is 0 Å². The Morgan fingerprint density at radius 2 is 2.14 bits per heavy atom. The predicted molar refractivity (Wildman–Crippen MR) is 85.9 cm³/mol. The summed E-state index contributed by atoms with van der Waals surface area (Å²) in [6.45, 7) is 10.4. The molecule has 1 fully saturated rings. The molecule has 0 aliphatic heterocycles. The van der Waals surface area contributed by atoms with E-state index in [-0.39, 0.29) is 30.0 Å². The van der Waals surface area contributed by atoms with E-state index in [2.05, 4.69) is 33.8 Å². The molecule has 1 saturated carbocycles. The normalized spacial score (nSPS) is 31.8. The van der Waals surface area contributed by atoms with E-state index in [0.29, 0.717) is 5.92 Å². The van der Waals surface area contributed by atoms with Crippen LogP contribution < -0.4 is 0 Å². The topological polar surface area (TPSA) is 46.5 Å². The van der Waals surface area contributed by atoms with Gasteiger partial charge in [-0.25, -0.2) is 0 Å². The second-order valence-electron chi connectivity index (χ2n) is 6.50. The monoisotopic (exact) mass is 296 g/mol. The first kappa shape index (κ1) is 18.2. The van der Waals surface area contributed by atoms with E-state index in [4.69, 9.17) is 4.74 Å². The Bertz CT molecular complexity index is 371. The summed E-state index contributed by atoms with van der Waals surface area (Å²) in [5.74, 6) is 0.367. The summed E-state index contributed by atoms with van der Waals surface area (Å²) in [7, 11) is 0. The van der Waals surface area contributed by atoms with Crippen molar-refractivity contribution in [2.24, 2.45) is 17.3 Å². The highest BCUT2D eigenvalue weighted by Gasteiger charge is 2.46. The molecule has 1 aliphatic carbocycles. The van der Waals surface area contributed by atoms with Gasteiger partial charge < -0.3 is 9.84 Å². The van der Waals surface area contributed by atoms with Crippen molar-refractivity contribution in [3.8, 4) is 0 Å². The third-order valence-corrected chi connectivity index (χ3v) is 5.33. The molecule has 4 unspecified atom stereocenters. The molecule has 0 radical (unpaired) electrons. The molecule has 3 nitrogen and oxygen atoms in total. The van der Waals surface area contributed by atoms with Gasteiger partial charge in [-0.3, -0.25) is 4.79 Å². The fourth-order valence-electron chi connectivity index (χ4n) is 4.37. The smallest absolute Gasteiger partial charge is 0.302 e. The van der Waals surface area contributed by atoms with Crippen molar-refractivity contribution in [1.82, 2.24) is 0 Å². The lowest BCUT2D eigenvalue weighted by Gasteiger charge is -2.48. The Balaban J connectivity index is 3.11. The summed E-state index contributed by atoms with van der Waals surface area (Å²) >= 11 is 0. The Morgan fingerprint density at radius 3 is 2.57 bits per heavy atom. The van der Waals surface area contributed by atoms with Gasteiger partial charge in [-0.1, -0.05) is 32.4 Å². The van der Waals surface area contributed by atoms with Crippen LogP contribution in [-0.2, 0) is 9.53 Å². The quantitative estimate of drug-likeness (QED) is 0.593. The van der Waals surface area contributed by atoms with Crippen molar-refractivity contribution in [2.45, 2.75) is 72.8 Å². The molecule has 0 amide bonds. The van der Waals surface area contributed by atoms with Gasteiger partial charge in [0.2, 0.25) is 0 Å². The summed E-state index contributed by atoms with van der Waals surface area (Å²) in [5, 5.41) is 9.72. The number of carbonyl (C=O) groups is 1. The molecule has 1 aliphatic rings. The van der Waals surface area contributed by atoms with Gasteiger partial charge in [-0.05, 0) is 44.4 Å². The highest BCUT2D eigenvalue weighted by atomic mass is 16.5. The lowest BCUT2D eigenvalue weighted by Crippen LogP contribution is -2.44. The number of allylic oxidation sites excluding steroid dienone is 1. The van der Waals surface area contributed by atoms with Crippen LogP contribution in [0.25, 0.3) is 0 Å². The molecule has 0 heterocycles. The standard InChI is InChI=1S/C18H32O3/c1-6-14(12-19)15(7-2)18(5)11-9-10-17(16(18)8-3)21-13(4)20/h7,14,16-17,19H,6,8-12H2,1-5H3/b15-7+. The molecule has 21 heavy (non-hydrogen) atoms. The van der Waals surface area contributed by atoms with Crippen molar-refractivity contribution >= 4 is 5.97 Å². The minimum atomic E-state index is -0.182. The average Bonchev–Trinajstić information content (AvgIpc) is 2.44. The molecule has 0 aromatic carbocycles. The van der Waals surface area contributed by atoms with Gasteiger partial charge >= 0.3 is 5.97 Å². The van der Waals surface area contributed by atoms with Gasteiger partial charge in [-0.15, -0.1) is 0 Å². The van der Waals surface area contributed by atoms with Gasteiger partial charge in [0.1, 0.15) is 6.10 Å². The van der Waals surface area contributed by atoms with Crippen LogP contribution in [0.4, 0.5) is 0 Å². The molecule has 0 bridgehead atoms. The third kappa shape index (κ3) is 3.88. The average molecular weight is 296 g/mol. The van der Waals surface area contributed by atoms with E-state index in [9.17, 15) is 9.90 Å². The summed E-state index contributed by atoms with van der Waals surface area (Å²) in [6, 6.07) is 0. The number of hydrogen-bond donors (Lipinski definition) is 1. The van der Waals surface area contributed by atoms with Crippen molar-refractivity contribution < 1.29 is 14.6 Å². The fraction of sp³-hybridized carbons (Fsp3) is 0.833. The maximum atomic E-state index is 11.4. The van der Waals surface area contributed by atoms with E-state index < -0.39 is 0 Å². The number of hydrogen-bond acceptors (Lipinski definition) is 3. The van der Waals surface area contributed by atoms with Crippen molar-refractivity contribution in [2.75, 3.05) is 6.61 Å². The Morgan fingerprint density at radius 1 is 1.48 bits per heavy atom. The summed E-state index contributed by atoms with van der Waals surface area (Å²) in [5.41, 5.74) is 1.36. The molecular formula is C18H32O3. The number of esters is 1. The number of aliphatic hydroxyl groups excluding tert-OH is 1. The largest absolute Gasteiger partial charge is 0.462 e.